The molecule has 3 N–H and O–H groups in total. The lowest BCUT2D eigenvalue weighted by molar-refractivity contribution is 0.163. The van der Waals surface area contributed by atoms with Gasteiger partial charge in [0, 0.05) is 6.54 Å². The van der Waals surface area contributed by atoms with E-state index in [1.54, 1.807) is 0 Å². The van der Waals surface area contributed by atoms with Gasteiger partial charge in [-0.1, -0.05) is 42.7 Å². The minimum atomic E-state index is -0.395. The molecule has 1 aliphatic rings. The van der Waals surface area contributed by atoms with Gasteiger partial charge in [0.2, 0.25) is 0 Å². The highest BCUT2D eigenvalue weighted by atomic mass is 16.3. The van der Waals surface area contributed by atoms with Crippen LogP contribution in [-0.2, 0) is 6.42 Å². The Balaban J connectivity index is 1.75. The number of aryl methyl sites for hydroxylation is 1. The summed E-state index contributed by atoms with van der Waals surface area (Å²) in [7, 11) is 0. The number of hydrogen-bond donors (Lipinski definition) is 3. The van der Waals surface area contributed by atoms with Crippen LogP contribution in [0.25, 0.3) is 0 Å². The molecule has 4 heteroatoms. The molecule has 0 aliphatic heterocycles. The zero-order chi connectivity index (χ0) is 14.4. The zero-order valence-electron chi connectivity index (χ0n) is 12.1. The predicted octanol–water partition coefficient (Wildman–Crippen LogP) is 2.14. The molecule has 0 spiro atoms. The van der Waals surface area contributed by atoms with E-state index in [-0.39, 0.29) is 12.6 Å². The van der Waals surface area contributed by atoms with Crippen molar-refractivity contribution in [2.24, 2.45) is 0 Å². The van der Waals surface area contributed by atoms with Gasteiger partial charge in [-0.3, -0.25) is 0 Å². The lowest BCUT2D eigenvalue weighted by Crippen LogP contribution is -2.53. The minimum Gasteiger partial charge on any atom is -0.394 e. The van der Waals surface area contributed by atoms with Gasteiger partial charge in [0.15, 0.2) is 0 Å². The number of carbonyl (C=O) groups is 1. The van der Waals surface area contributed by atoms with Crippen molar-refractivity contribution in [1.29, 1.82) is 0 Å². The largest absolute Gasteiger partial charge is 0.394 e. The lowest BCUT2D eigenvalue weighted by Gasteiger charge is -2.27. The molecule has 0 radical (unpaired) electrons. The number of aliphatic hydroxyl groups is 1. The van der Waals surface area contributed by atoms with Gasteiger partial charge in [-0.25, -0.2) is 4.79 Å². The van der Waals surface area contributed by atoms with Crippen molar-refractivity contribution >= 4 is 6.03 Å². The van der Waals surface area contributed by atoms with Gasteiger partial charge in [0.1, 0.15) is 0 Å². The number of amides is 2. The van der Waals surface area contributed by atoms with E-state index >= 15 is 0 Å². The molecular formula is C16H24N2O2. The van der Waals surface area contributed by atoms with Crippen molar-refractivity contribution in [3.63, 3.8) is 0 Å². The number of nitrogens with one attached hydrogen (secondary N) is 2. The maximum atomic E-state index is 11.9. The quantitative estimate of drug-likeness (QED) is 0.771. The van der Waals surface area contributed by atoms with E-state index in [2.05, 4.69) is 35.8 Å². The first-order valence-corrected chi connectivity index (χ1v) is 7.36. The van der Waals surface area contributed by atoms with Crippen LogP contribution >= 0.6 is 0 Å². The van der Waals surface area contributed by atoms with Gasteiger partial charge >= 0.3 is 6.03 Å². The Bertz CT molecular complexity index is 454. The summed E-state index contributed by atoms with van der Waals surface area (Å²) >= 11 is 0. The number of aliphatic hydroxyl groups excluding tert-OH is 1. The van der Waals surface area contributed by atoms with Gasteiger partial charge in [0.25, 0.3) is 0 Å². The summed E-state index contributed by atoms with van der Waals surface area (Å²) in [5, 5.41) is 15.3. The van der Waals surface area contributed by atoms with Crippen LogP contribution in [0.2, 0.25) is 0 Å². The molecule has 1 saturated carbocycles. The van der Waals surface area contributed by atoms with Crippen molar-refractivity contribution in [2.75, 3.05) is 13.2 Å². The highest BCUT2D eigenvalue weighted by Gasteiger charge is 2.34. The van der Waals surface area contributed by atoms with Crippen LogP contribution < -0.4 is 10.6 Å². The van der Waals surface area contributed by atoms with E-state index in [1.807, 2.05) is 6.07 Å². The molecule has 0 saturated heterocycles. The topological polar surface area (TPSA) is 61.4 Å². The molecule has 1 aromatic carbocycles. The Labute approximate surface area is 120 Å². The molecule has 2 rings (SSSR count). The number of rotatable bonds is 5. The Kier molecular flexibility index (Phi) is 5.01. The third-order valence-electron chi connectivity index (χ3n) is 4.02. The molecule has 0 bridgehead atoms. The SMILES string of the molecule is Cc1cccc(CCNC(=O)NC2(CO)CCCC2)c1. The summed E-state index contributed by atoms with van der Waals surface area (Å²) in [6.07, 6.45) is 4.71. The maximum Gasteiger partial charge on any atom is 0.315 e. The summed E-state index contributed by atoms with van der Waals surface area (Å²) in [6, 6.07) is 8.12. The molecule has 0 unspecified atom stereocenters. The summed E-state index contributed by atoms with van der Waals surface area (Å²) in [5.41, 5.74) is 2.06. The minimum absolute atomic E-state index is 0.0261. The molecule has 1 fully saturated rings. The summed E-state index contributed by atoms with van der Waals surface area (Å²) in [4.78, 5) is 11.9. The number of benzene rings is 1. The van der Waals surface area contributed by atoms with Crippen LogP contribution in [0.4, 0.5) is 4.79 Å². The first-order chi connectivity index (χ1) is 9.63. The second kappa shape index (κ2) is 6.75. The monoisotopic (exact) mass is 276 g/mol. The van der Waals surface area contributed by atoms with Crippen molar-refractivity contribution in [1.82, 2.24) is 10.6 Å². The fourth-order valence-corrected chi connectivity index (χ4v) is 2.85. The van der Waals surface area contributed by atoms with E-state index in [0.717, 1.165) is 32.1 Å². The van der Waals surface area contributed by atoms with Gasteiger partial charge < -0.3 is 15.7 Å². The molecular weight excluding hydrogens is 252 g/mol. The summed E-state index contributed by atoms with van der Waals surface area (Å²) in [6.45, 7) is 2.70. The molecule has 0 aromatic heterocycles. The maximum absolute atomic E-state index is 11.9. The Hall–Kier alpha value is -1.55. The average Bonchev–Trinajstić information content (AvgIpc) is 2.88. The standard InChI is InChI=1S/C16H24N2O2/c1-13-5-4-6-14(11-13)7-10-17-15(20)18-16(12-19)8-2-3-9-16/h4-6,11,19H,2-3,7-10,12H2,1H3,(H2,17,18,20). The molecule has 1 aromatic rings. The first-order valence-electron chi connectivity index (χ1n) is 7.36. The van der Waals surface area contributed by atoms with Gasteiger partial charge in [-0.15, -0.1) is 0 Å². The molecule has 110 valence electrons. The Morgan fingerprint density at radius 2 is 2.10 bits per heavy atom. The highest BCUT2D eigenvalue weighted by Crippen LogP contribution is 2.28. The first kappa shape index (κ1) is 14.9. The van der Waals surface area contributed by atoms with Crippen LogP contribution in [0.15, 0.2) is 24.3 Å². The Morgan fingerprint density at radius 3 is 2.75 bits per heavy atom. The van der Waals surface area contributed by atoms with Crippen LogP contribution in [0.1, 0.15) is 36.8 Å². The molecule has 0 heterocycles. The second-order valence-corrected chi connectivity index (χ2v) is 5.77. The van der Waals surface area contributed by atoms with Crippen LogP contribution in [0, 0.1) is 6.92 Å². The van der Waals surface area contributed by atoms with E-state index in [0.29, 0.717) is 6.54 Å². The second-order valence-electron chi connectivity index (χ2n) is 5.77. The van der Waals surface area contributed by atoms with Gasteiger partial charge in [-0.05, 0) is 31.7 Å². The fourth-order valence-electron chi connectivity index (χ4n) is 2.85. The van der Waals surface area contributed by atoms with Crippen molar-refractivity contribution < 1.29 is 9.90 Å². The Morgan fingerprint density at radius 1 is 1.35 bits per heavy atom. The highest BCUT2D eigenvalue weighted by molar-refractivity contribution is 5.74. The van der Waals surface area contributed by atoms with E-state index in [4.69, 9.17) is 0 Å². The van der Waals surface area contributed by atoms with Crippen LogP contribution in [0.3, 0.4) is 0 Å². The molecule has 4 nitrogen and oxygen atoms in total. The van der Waals surface area contributed by atoms with Crippen molar-refractivity contribution in [3.8, 4) is 0 Å². The third kappa shape index (κ3) is 3.97. The molecule has 1 aliphatic carbocycles. The van der Waals surface area contributed by atoms with Crippen LogP contribution in [-0.4, -0.2) is 29.8 Å². The van der Waals surface area contributed by atoms with E-state index in [1.165, 1.54) is 11.1 Å². The van der Waals surface area contributed by atoms with E-state index in [9.17, 15) is 9.90 Å². The van der Waals surface area contributed by atoms with Crippen molar-refractivity contribution in [2.45, 2.75) is 44.6 Å². The third-order valence-corrected chi connectivity index (χ3v) is 4.02. The smallest absolute Gasteiger partial charge is 0.315 e. The van der Waals surface area contributed by atoms with Gasteiger partial charge in [-0.2, -0.15) is 0 Å². The van der Waals surface area contributed by atoms with E-state index < -0.39 is 5.54 Å². The van der Waals surface area contributed by atoms with Crippen molar-refractivity contribution in [3.05, 3.63) is 35.4 Å². The summed E-state index contributed by atoms with van der Waals surface area (Å²) in [5.74, 6) is 0. The molecule has 0 atom stereocenters. The molecule has 20 heavy (non-hydrogen) atoms. The zero-order valence-corrected chi connectivity index (χ0v) is 12.1. The van der Waals surface area contributed by atoms with Crippen LogP contribution in [0.5, 0.6) is 0 Å². The summed E-state index contributed by atoms with van der Waals surface area (Å²) < 4.78 is 0. The normalized spacial score (nSPS) is 16.9. The number of urea groups is 1. The number of hydrogen-bond acceptors (Lipinski definition) is 2. The fraction of sp³-hybridized carbons (Fsp3) is 0.562. The predicted molar refractivity (Wildman–Crippen MR) is 79.7 cm³/mol. The number of carbonyl (C=O) groups excluding carboxylic acids is 1. The average molecular weight is 276 g/mol. The van der Waals surface area contributed by atoms with Gasteiger partial charge in [0.05, 0.1) is 12.1 Å². The lowest BCUT2D eigenvalue weighted by atomic mass is 9.99. The molecule has 2 amide bonds.